The van der Waals surface area contributed by atoms with Crippen LogP contribution in [0, 0.1) is 52.3 Å². The van der Waals surface area contributed by atoms with Crippen LogP contribution >= 0.6 is 0 Å². The quantitative estimate of drug-likeness (QED) is 0.522. The molecule has 0 unspecified atom stereocenters. The van der Waals surface area contributed by atoms with Gasteiger partial charge in [-0.25, -0.2) is 0 Å². The Morgan fingerprint density at radius 2 is 1.57 bits per heavy atom. The molecule has 4 aliphatic carbocycles. The number of aliphatic hydroxyl groups excluding tert-OH is 4. The van der Waals surface area contributed by atoms with Gasteiger partial charge in [-0.1, -0.05) is 39.8 Å². The normalized spacial score (nSPS) is 53.1. The van der Waals surface area contributed by atoms with Gasteiger partial charge in [0, 0.05) is 6.61 Å². The molecule has 0 aromatic carbocycles. The molecule has 4 saturated carbocycles. The third kappa shape index (κ3) is 3.50. The van der Waals surface area contributed by atoms with E-state index in [-0.39, 0.29) is 53.5 Å². The molecule has 0 spiro atoms. The SMILES string of the molecule is C[C@H](/C=C/[C@@H](C)[C@H]1C[C@H](O)[C@H]2[C@H]3C[C@H](O)[C@H]4C[C@@H](O)CC[C@]4(C)[C@@H]3CC[C@@]21C)CO. The first-order chi connectivity index (χ1) is 14.1. The van der Waals surface area contributed by atoms with Crippen LogP contribution in [0.5, 0.6) is 0 Å². The fourth-order valence-electron chi connectivity index (χ4n) is 8.77. The van der Waals surface area contributed by atoms with E-state index in [9.17, 15) is 20.4 Å². The molecule has 0 aromatic rings. The first-order valence-corrected chi connectivity index (χ1v) is 12.4. The average molecular weight is 421 g/mol. The number of hydrogen-bond acceptors (Lipinski definition) is 4. The minimum Gasteiger partial charge on any atom is -0.396 e. The summed E-state index contributed by atoms with van der Waals surface area (Å²) in [5, 5.41) is 42.0. The monoisotopic (exact) mass is 420 g/mol. The lowest BCUT2D eigenvalue weighted by atomic mass is 9.43. The van der Waals surface area contributed by atoms with E-state index in [2.05, 4.69) is 32.9 Å². The van der Waals surface area contributed by atoms with Crippen LogP contribution < -0.4 is 0 Å². The lowest BCUT2D eigenvalue weighted by Gasteiger charge is -2.62. The van der Waals surface area contributed by atoms with Crippen LogP contribution in [0.25, 0.3) is 0 Å². The van der Waals surface area contributed by atoms with Crippen LogP contribution in [0.2, 0.25) is 0 Å². The molecule has 4 N–H and O–H groups in total. The van der Waals surface area contributed by atoms with Gasteiger partial charge < -0.3 is 20.4 Å². The van der Waals surface area contributed by atoms with Crippen molar-refractivity contribution in [1.82, 2.24) is 0 Å². The van der Waals surface area contributed by atoms with Gasteiger partial charge in [0.1, 0.15) is 0 Å². The molecule has 4 fully saturated rings. The zero-order chi connectivity index (χ0) is 21.8. The molecule has 4 heteroatoms. The number of rotatable bonds is 4. The second-order valence-electron chi connectivity index (χ2n) is 12.0. The molecular formula is C26H44O4. The van der Waals surface area contributed by atoms with Gasteiger partial charge in [-0.15, -0.1) is 0 Å². The summed E-state index contributed by atoms with van der Waals surface area (Å²) >= 11 is 0. The van der Waals surface area contributed by atoms with Gasteiger partial charge in [-0.05, 0) is 97.2 Å². The summed E-state index contributed by atoms with van der Waals surface area (Å²) in [4.78, 5) is 0. The molecule has 12 atom stereocenters. The zero-order valence-corrected chi connectivity index (χ0v) is 19.4. The van der Waals surface area contributed by atoms with E-state index in [1.165, 1.54) is 6.42 Å². The number of allylic oxidation sites excluding steroid dienone is 1. The molecule has 172 valence electrons. The van der Waals surface area contributed by atoms with Crippen LogP contribution in [0.3, 0.4) is 0 Å². The first-order valence-electron chi connectivity index (χ1n) is 12.4. The van der Waals surface area contributed by atoms with Crippen molar-refractivity contribution in [3.05, 3.63) is 12.2 Å². The summed E-state index contributed by atoms with van der Waals surface area (Å²) in [7, 11) is 0. The highest BCUT2D eigenvalue weighted by molar-refractivity contribution is 5.14. The van der Waals surface area contributed by atoms with Gasteiger partial charge in [0.2, 0.25) is 0 Å². The van der Waals surface area contributed by atoms with Crippen molar-refractivity contribution < 1.29 is 20.4 Å². The van der Waals surface area contributed by atoms with Crippen LogP contribution in [0.1, 0.15) is 72.6 Å². The van der Waals surface area contributed by atoms with Crippen molar-refractivity contribution in [2.75, 3.05) is 6.61 Å². The Hall–Kier alpha value is -0.420. The zero-order valence-electron chi connectivity index (χ0n) is 19.4. The van der Waals surface area contributed by atoms with E-state index in [1.807, 2.05) is 6.92 Å². The van der Waals surface area contributed by atoms with E-state index in [0.717, 1.165) is 38.5 Å². The van der Waals surface area contributed by atoms with Crippen molar-refractivity contribution >= 4 is 0 Å². The van der Waals surface area contributed by atoms with Crippen LogP contribution in [0.4, 0.5) is 0 Å². The molecule has 0 radical (unpaired) electrons. The van der Waals surface area contributed by atoms with E-state index in [1.54, 1.807) is 0 Å². The molecule has 0 aliphatic heterocycles. The van der Waals surface area contributed by atoms with Gasteiger partial charge >= 0.3 is 0 Å². The Labute approximate surface area is 182 Å². The average Bonchev–Trinajstić information content (AvgIpc) is 2.98. The molecule has 30 heavy (non-hydrogen) atoms. The second kappa shape index (κ2) is 8.17. The second-order valence-corrected chi connectivity index (χ2v) is 12.0. The van der Waals surface area contributed by atoms with E-state index in [4.69, 9.17) is 0 Å². The number of fused-ring (bicyclic) bond motifs is 5. The highest BCUT2D eigenvalue weighted by Crippen LogP contribution is 2.68. The highest BCUT2D eigenvalue weighted by atomic mass is 16.3. The van der Waals surface area contributed by atoms with Gasteiger partial charge in [-0.3, -0.25) is 0 Å². The first kappa shape index (κ1) is 22.8. The molecule has 0 heterocycles. The maximum absolute atomic E-state index is 11.3. The van der Waals surface area contributed by atoms with Gasteiger partial charge in [-0.2, -0.15) is 0 Å². The van der Waals surface area contributed by atoms with E-state index < -0.39 is 0 Å². The summed E-state index contributed by atoms with van der Waals surface area (Å²) in [6.07, 6.45) is 10.0. The van der Waals surface area contributed by atoms with Crippen LogP contribution in [-0.2, 0) is 0 Å². The summed E-state index contributed by atoms with van der Waals surface area (Å²) in [5.74, 6) is 2.37. The Kier molecular flexibility index (Phi) is 6.20. The summed E-state index contributed by atoms with van der Waals surface area (Å²) in [6, 6.07) is 0. The lowest BCUT2D eigenvalue weighted by Crippen LogP contribution is -2.59. The number of hydrogen-bond donors (Lipinski definition) is 4. The molecule has 0 saturated heterocycles. The Bertz CT molecular complexity index is 649. The molecule has 0 bridgehead atoms. The fourth-order valence-corrected chi connectivity index (χ4v) is 8.77. The number of aliphatic hydroxyl groups is 4. The Balaban J connectivity index is 1.59. The predicted octanol–water partition coefficient (Wildman–Crippen LogP) is 3.77. The highest BCUT2D eigenvalue weighted by Gasteiger charge is 2.64. The summed E-state index contributed by atoms with van der Waals surface area (Å²) in [6.45, 7) is 9.25. The van der Waals surface area contributed by atoms with Crippen molar-refractivity contribution in [2.24, 2.45) is 52.3 Å². The van der Waals surface area contributed by atoms with Crippen molar-refractivity contribution in [2.45, 2.75) is 91.0 Å². The Morgan fingerprint density at radius 3 is 2.27 bits per heavy atom. The maximum atomic E-state index is 11.3. The molecule has 0 amide bonds. The van der Waals surface area contributed by atoms with Gasteiger partial charge in [0.25, 0.3) is 0 Å². The topological polar surface area (TPSA) is 80.9 Å². The molecular weight excluding hydrogens is 376 g/mol. The van der Waals surface area contributed by atoms with Crippen molar-refractivity contribution in [3.63, 3.8) is 0 Å². The van der Waals surface area contributed by atoms with Gasteiger partial charge in [0.15, 0.2) is 0 Å². The molecule has 0 aromatic heterocycles. The van der Waals surface area contributed by atoms with Crippen LogP contribution in [0.15, 0.2) is 12.2 Å². The minimum atomic E-state index is -0.359. The third-order valence-electron chi connectivity index (χ3n) is 10.4. The molecule has 4 nitrogen and oxygen atoms in total. The van der Waals surface area contributed by atoms with Crippen molar-refractivity contribution in [3.8, 4) is 0 Å². The van der Waals surface area contributed by atoms with Crippen LogP contribution in [-0.4, -0.2) is 45.3 Å². The smallest absolute Gasteiger partial charge is 0.0579 e. The van der Waals surface area contributed by atoms with E-state index >= 15 is 0 Å². The minimum absolute atomic E-state index is 0.0861. The summed E-state index contributed by atoms with van der Waals surface area (Å²) < 4.78 is 0. The Morgan fingerprint density at radius 1 is 0.867 bits per heavy atom. The lowest BCUT2D eigenvalue weighted by molar-refractivity contribution is -0.180. The predicted molar refractivity (Wildman–Crippen MR) is 119 cm³/mol. The summed E-state index contributed by atoms with van der Waals surface area (Å²) in [5.41, 5.74) is 0.187. The third-order valence-corrected chi connectivity index (χ3v) is 10.4. The maximum Gasteiger partial charge on any atom is 0.0579 e. The van der Waals surface area contributed by atoms with Gasteiger partial charge in [0.05, 0.1) is 18.3 Å². The standard InChI is InChI=1S/C26H44O4/c1-15(14-27)5-6-16(2)20-13-23(30)24-18-12-22(29)21-11-17(28)7-9-25(21,3)19(18)8-10-26(20,24)4/h5-6,15-24,27-30H,7-14H2,1-4H3/b6-5+/t15-,16-,17+,18+,19-,20-,21-,22+,23+,24-,25-,26-/m1/s1. The fraction of sp³-hybridized carbons (Fsp3) is 0.923. The van der Waals surface area contributed by atoms with E-state index in [0.29, 0.717) is 23.7 Å². The largest absolute Gasteiger partial charge is 0.396 e. The molecule has 4 aliphatic rings. The van der Waals surface area contributed by atoms with Crippen molar-refractivity contribution in [1.29, 1.82) is 0 Å². The molecule has 4 rings (SSSR count).